The SMILES string of the molecule is CCN1CCC(N2CCN(C(=O)[C@@H](Cc3cc(C)c4nn(COC(=O)C5(c6ccccc6)CCCC5)cc4c3)NC(=O)N3CCC(c4cc5ccccc5[nH]c4=O)CC3)CC2)CC1. The van der Waals surface area contributed by atoms with Crippen LogP contribution in [0.3, 0.4) is 0 Å². The predicted octanol–water partition coefficient (Wildman–Crippen LogP) is 6.33. The molecule has 2 aromatic heterocycles. The number of aromatic amines is 1. The van der Waals surface area contributed by atoms with Crippen LogP contribution in [0.5, 0.6) is 0 Å². The van der Waals surface area contributed by atoms with Gasteiger partial charge in [0.05, 0.1) is 10.9 Å². The standard InChI is InChI=1S/C50H62N8O5/c1-3-54-21-17-41(18-22-54)55-25-27-56(28-26-55)47(60)44(52-49(62)57-23-15-37(16-24-57)42-32-38-11-7-8-14-43(38)51-46(42)59)31-36-29-35(2)45-39(30-36)33-58(53-45)34-63-48(61)50(19-9-10-20-50)40-12-5-4-6-13-40/h4-8,11-14,29-30,32-33,37,41,44H,3,9-10,15-28,31,34H2,1-2H3,(H,51,59)(H,52,62)/t44-/m1/s1. The fraction of sp³-hybridized carbons (Fsp3) is 0.500. The molecule has 0 spiro atoms. The maximum absolute atomic E-state index is 14.6. The van der Waals surface area contributed by atoms with Gasteiger partial charge < -0.3 is 29.7 Å². The number of carbonyl (C=O) groups is 3. The summed E-state index contributed by atoms with van der Waals surface area (Å²) in [6, 6.07) is 23.4. The number of amides is 3. The first-order valence-electron chi connectivity index (χ1n) is 23.3. The summed E-state index contributed by atoms with van der Waals surface area (Å²) < 4.78 is 7.66. The van der Waals surface area contributed by atoms with Crippen LogP contribution in [0.4, 0.5) is 4.79 Å². The Morgan fingerprint density at radius 1 is 0.841 bits per heavy atom. The number of hydrogen-bond acceptors (Lipinski definition) is 8. The summed E-state index contributed by atoms with van der Waals surface area (Å²) in [5.74, 6) is -0.243. The summed E-state index contributed by atoms with van der Waals surface area (Å²) in [5, 5.41) is 9.87. The van der Waals surface area contributed by atoms with Gasteiger partial charge in [0.25, 0.3) is 5.56 Å². The number of aromatic nitrogens is 3. The number of nitrogens with one attached hydrogen (secondary N) is 2. The van der Waals surface area contributed by atoms with Crippen molar-refractivity contribution < 1.29 is 19.1 Å². The van der Waals surface area contributed by atoms with Crippen LogP contribution in [0.15, 0.2) is 83.8 Å². The van der Waals surface area contributed by atoms with E-state index in [1.165, 1.54) is 0 Å². The molecule has 5 aromatic rings. The van der Waals surface area contributed by atoms with Gasteiger partial charge >= 0.3 is 12.0 Å². The van der Waals surface area contributed by atoms with Gasteiger partial charge in [0, 0.05) is 74.4 Å². The third-order valence-electron chi connectivity index (χ3n) is 14.6. The molecule has 3 saturated heterocycles. The van der Waals surface area contributed by atoms with E-state index in [9.17, 15) is 19.2 Å². The van der Waals surface area contributed by atoms with Crippen LogP contribution in [0.1, 0.15) is 86.5 Å². The number of esters is 1. The number of nitrogens with zero attached hydrogens (tertiary/aromatic N) is 6. The molecule has 3 aromatic carbocycles. The number of urea groups is 1. The Bertz CT molecular complexity index is 2470. The fourth-order valence-electron chi connectivity index (χ4n) is 10.9. The minimum atomic E-state index is -0.772. The number of pyridine rings is 1. The Hall–Kier alpha value is -5.53. The fourth-order valence-corrected chi connectivity index (χ4v) is 10.9. The smallest absolute Gasteiger partial charge is 0.318 e. The number of piperidine rings is 2. The second-order valence-corrected chi connectivity index (χ2v) is 18.4. The number of aryl methyl sites for hydroxylation is 1. The Balaban J connectivity index is 0.890. The average molecular weight is 855 g/mol. The van der Waals surface area contributed by atoms with Crippen molar-refractivity contribution in [2.24, 2.45) is 0 Å². The first kappa shape index (κ1) is 42.8. The Labute approximate surface area is 369 Å². The first-order chi connectivity index (χ1) is 30.7. The van der Waals surface area contributed by atoms with Crippen molar-refractivity contribution in [1.29, 1.82) is 0 Å². The summed E-state index contributed by atoms with van der Waals surface area (Å²) >= 11 is 0. The van der Waals surface area contributed by atoms with E-state index in [-0.39, 0.29) is 36.1 Å². The van der Waals surface area contributed by atoms with Gasteiger partial charge in [0.1, 0.15) is 6.04 Å². The zero-order chi connectivity index (χ0) is 43.5. The van der Waals surface area contributed by atoms with Crippen LogP contribution in [0, 0.1) is 6.92 Å². The third-order valence-corrected chi connectivity index (χ3v) is 14.6. The molecule has 9 rings (SSSR count). The van der Waals surface area contributed by atoms with Gasteiger partial charge in [-0.1, -0.05) is 74.4 Å². The Kier molecular flexibility index (Phi) is 12.7. The number of H-pyrrole nitrogens is 1. The molecule has 332 valence electrons. The minimum absolute atomic E-state index is 0.00365. The molecule has 3 aliphatic heterocycles. The minimum Gasteiger partial charge on any atom is -0.442 e. The highest BCUT2D eigenvalue weighted by molar-refractivity contribution is 5.88. The van der Waals surface area contributed by atoms with E-state index in [1.54, 1.807) is 9.58 Å². The number of para-hydroxylation sites is 1. The van der Waals surface area contributed by atoms with Gasteiger partial charge in [-0.3, -0.25) is 19.3 Å². The number of likely N-dealkylation sites (tertiary alicyclic amines) is 2. The maximum atomic E-state index is 14.6. The number of fused-ring (bicyclic) bond motifs is 2. The summed E-state index contributed by atoms with van der Waals surface area (Å²) in [6.45, 7) is 11.4. The van der Waals surface area contributed by atoms with Crippen molar-refractivity contribution in [3.63, 3.8) is 0 Å². The number of benzene rings is 3. The van der Waals surface area contributed by atoms with Gasteiger partial charge in [-0.25, -0.2) is 9.48 Å². The second-order valence-electron chi connectivity index (χ2n) is 18.4. The van der Waals surface area contributed by atoms with E-state index in [4.69, 9.17) is 9.84 Å². The number of rotatable bonds is 11. The van der Waals surface area contributed by atoms with Crippen LogP contribution >= 0.6 is 0 Å². The van der Waals surface area contributed by atoms with Crippen LogP contribution in [0.2, 0.25) is 0 Å². The number of hydrogen-bond donors (Lipinski definition) is 2. The molecule has 1 saturated carbocycles. The molecular formula is C50H62N8O5. The van der Waals surface area contributed by atoms with E-state index in [1.807, 2.05) is 90.8 Å². The lowest BCUT2D eigenvalue weighted by atomic mass is 9.79. The van der Waals surface area contributed by atoms with E-state index in [2.05, 4.69) is 27.0 Å². The predicted molar refractivity (Wildman–Crippen MR) is 245 cm³/mol. The Morgan fingerprint density at radius 2 is 1.56 bits per heavy atom. The summed E-state index contributed by atoms with van der Waals surface area (Å²) in [6.07, 6.45) is 9.37. The maximum Gasteiger partial charge on any atom is 0.318 e. The van der Waals surface area contributed by atoms with Crippen LogP contribution in [-0.4, -0.2) is 123 Å². The highest BCUT2D eigenvalue weighted by Gasteiger charge is 2.44. The van der Waals surface area contributed by atoms with E-state index in [0.29, 0.717) is 51.5 Å². The summed E-state index contributed by atoms with van der Waals surface area (Å²) in [7, 11) is 0. The van der Waals surface area contributed by atoms with Gasteiger partial charge in [0.2, 0.25) is 5.91 Å². The molecule has 0 radical (unpaired) electrons. The molecule has 5 heterocycles. The van der Waals surface area contributed by atoms with Crippen molar-refractivity contribution in [2.45, 2.75) is 102 Å². The molecule has 2 N–H and O–H groups in total. The Morgan fingerprint density at radius 3 is 2.29 bits per heavy atom. The van der Waals surface area contributed by atoms with Crippen molar-refractivity contribution in [2.75, 3.05) is 58.9 Å². The molecule has 63 heavy (non-hydrogen) atoms. The quantitative estimate of drug-likeness (QED) is 0.147. The summed E-state index contributed by atoms with van der Waals surface area (Å²) in [4.78, 5) is 67.3. The number of carbonyl (C=O) groups excluding carboxylic acids is 3. The second kappa shape index (κ2) is 18.7. The number of piperazine rings is 1. The van der Waals surface area contributed by atoms with E-state index in [0.717, 1.165) is 115 Å². The highest BCUT2D eigenvalue weighted by atomic mass is 16.5. The molecule has 13 heteroatoms. The van der Waals surface area contributed by atoms with E-state index >= 15 is 0 Å². The zero-order valence-corrected chi connectivity index (χ0v) is 36.9. The lowest BCUT2D eigenvalue weighted by molar-refractivity contribution is -0.155. The van der Waals surface area contributed by atoms with Crippen molar-refractivity contribution in [3.05, 3.63) is 112 Å². The van der Waals surface area contributed by atoms with Crippen LogP contribution in [0.25, 0.3) is 21.8 Å². The third kappa shape index (κ3) is 9.13. The van der Waals surface area contributed by atoms with Gasteiger partial charge in [-0.2, -0.15) is 5.10 Å². The molecule has 0 unspecified atom stereocenters. The van der Waals surface area contributed by atoms with Crippen molar-refractivity contribution >= 4 is 39.7 Å². The van der Waals surface area contributed by atoms with Crippen LogP contribution in [-0.2, 0) is 32.9 Å². The largest absolute Gasteiger partial charge is 0.442 e. The topological polar surface area (TPSA) is 136 Å². The molecule has 4 aliphatic rings. The van der Waals surface area contributed by atoms with Gasteiger partial charge in [-0.15, -0.1) is 0 Å². The van der Waals surface area contributed by atoms with Gasteiger partial charge in [-0.05, 0) is 111 Å². The molecule has 13 nitrogen and oxygen atoms in total. The van der Waals surface area contributed by atoms with E-state index < -0.39 is 11.5 Å². The molecule has 1 aliphatic carbocycles. The lowest BCUT2D eigenvalue weighted by Crippen LogP contribution is -2.59. The number of ether oxygens (including phenoxy) is 1. The monoisotopic (exact) mass is 854 g/mol. The molecule has 0 bridgehead atoms. The van der Waals surface area contributed by atoms with Crippen LogP contribution < -0.4 is 10.9 Å². The molecule has 1 atom stereocenters. The molecule has 4 fully saturated rings. The van der Waals surface area contributed by atoms with Gasteiger partial charge in [0.15, 0.2) is 6.73 Å². The average Bonchev–Trinajstić information content (AvgIpc) is 4.00. The van der Waals surface area contributed by atoms with Crippen molar-refractivity contribution in [3.8, 4) is 0 Å². The first-order valence-corrected chi connectivity index (χ1v) is 23.3. The zero-order valence-electron chi connectivity index (χ0n) is 36.9. The lowest BCUT2D eigenvalue weighted by Gasteiger charge is -2.43. The molecule has 3 amide bonds. The molecular weight excluding hydrogens is 793 g/mol. The highest BCUT2D eigenvalue weighted by Crippen LogP contribution is 2.42. The summed E-state index contributed by atoms with van der Waals surface area (Å²) in [5.41, 5.74) is 4.53. The van der Waals surface area contributed by atoms with Crippen molar-refractivity contribution in [1.82, 2.24) is 39.7 Å². The normalized spacial score (nSPS) is 19.7.